The van der Waals surface area contributed by atoms with E-state index in [-0.39, 0.29) is 17.3 Å². The first kappa shape index (κ1) is 14.2. The number of hydrogen-bond donors (Lipinski definition) is 2. The molecule has 8 nitrogen and oxygen atoms in total. The van der Waals surface area contributed by atoms with Gasteiger partial charge in [0.25, 0.3) is 0 Å². The molecule has 3 N–H and O–H groups in total. The maximum Gasteiger partial charge on any atom is 0.246 e. The van der Waals surface area contributed by atoms with Crippen LogP contribution in [-0.4, -0.2) is 29.1 Å². The van der Waals surface area contributed by atoms with Crippen molar-refractivity contribution in [2.24, 2.45) is 5.14 Å². The third kappa shape index (κ3) is 3.19. The van der Waals surface area contributed by atoms with Gasteiger partial charge in [0, 0.05) is 5.69 Å². The number of hydrogen-bond acceptors (Lipinski definition) is 5. The Labute approximate surface area is 115 Å². The van der Waals surface area contributed by atoms with E-state index in [2.05, 4.69) is 15.4 Å². The number of sulfonamides is 1. The lowest BCUT2D eigenvalue weighted by molar-refractivity contribution is -0.116. The van der Waals surface area contributed by atoms with Crippen LogP contribution in [0.3, 0.4) is 0 Å². The number of amides is 1. The monoisotopic (exact) mass is 295 g/mol. The van der Waals surface area contributed by atoms with E-state index in [1.807, 2.05) is 0 Å². The van der Waals surface area contributed by atoms with Crippen LogP contribution in [0.5, 0.6) is 0 Å². The molecule has 0 aliphatic heterocycles. The highest BCUT2D eigenvalue weighted by Crippen LogP contribution is 2.21. The van der Waals surface area contributed by atoms with Gasteiger partial charge in [-0.2, -0.15) is 5.10 Å². The van der Waals surface area contributed by atoms with E-state index >= 15 is 0 Å². The molecule has 0 bridgehead atoms. The molecular formula is C11H13N5O3S. The lowest BCUT2D eigenvalue weighted by Gasteiger charge is -2.11. The Morgan fingerprint density at radius 1 is 1.45 bits per heavy atom. The molecule has 0 fully saturated rings. The van der Waals surface area contributed by atoms with Gasteiger partial charge in [-0.15, -0.1) is 0 Å². The van der Waals surface area contributed by atoms with Crippen molar-refractivity contribution in [2.75, 3.05) is 5.32 Å². The summed E-state index contributed by atoms with van der Waals surface area (Å²) in [5.41, 5.74) is 0.781. The fourth-order valence-corrected chi connectivity index (χ4v) is 2.51. The molecule has 0 atom stereocenters. The van der Waals surface area contributed by atoms with Gasteiger partial charge in [-0.1, -0.05) is 6.07 Å². The van der Waals surface area contributed by atoms with Crippen molar-refractivity contribution >= 4 is 21.6 Å². The molecule has 106 valence electrons. The van der Waals surface area contributed by atoms with Crippen molar-refractivity contribution in [3.8, 4) is 0 Å². The summed E-state index contributed by atoms with van der Waals surface area (Å²) in [6, 6.07) is 4.50. The van der Waals surface area contributed by atoms with E-state index in [9.17, 15) is 13.2 Å². The van der Waals surface area contributed by atoms with Gasteiger partial charge in [0.05, 0.1) is 4.90 Å². The minimum Gasteiger partial charge on any atom is -0.324 e. The number of nitrogens with one attached hydrogen (secondary N) is 1. The van der Waals surface area contributed by atoms with Gasteiger partial charge < -0.3 is 5.32 Å². The van der Waals surface area contributed by atoms with Crippen molar-refractivity contribution in [1.82, 2.24) is 14.8 Å². The highest BCUT2D eigenvalue weighted by atomic mass is 32.2. The quantitative estimate of drug-likeness (QED) is 0.814. The van der Waals surface area contributed by atoms with E-state index in [1.165, 1.54) is 29.5 Å². The van der Waals surface area contributed by atoms with Crippen molar-refractivity contribution in [1.29, 1.82) is 0 Å². The lowest BCUT2D eigenvalue weighted by atomic mass is 10.2. The van der Waals surface area contributed by atoms with Crippen LogP contribution in [0.25, 0.3) is 0 Å². The van der Waals surface area contributed by atoms with Gasteiger partial charge in [0.2, 0.25) is 15.9 Å². The zero-order valence-corrected chi connectivity index (χ0v) is 11.5. The smallest absolute Gasteiger partial charge is 0.246 e. The Morgan fingerprint density at radius 3 is 2.80 bits per heavy atom. The summed E-state index contributed by atoms with van der Waals surface area (Å²) in [5, 5.41) is 11.5. The molecule has 0 unspecified atom stereocenters. The minimum atomic E-state index is -3.82. The highest BCUT2D eigenvalue weighted by molar-refractivity contribution is 7.89. The van der Waals surface area contributed by atoms with Crippen LogP contribution in [0, 0.1) is 6.92 Å². The Morgan fingerprint density at radius 2 is 2.20 bits per heavy atom. The summed E-state index contributed by atoms with van der Waals surface area (Å²) in [5.74, 6) is -0.342. The summed E-state index contributed by atoms with van der Waals surface area (Å²) in [4.78, 5) is 15.5. The molecule has 9 heteroatoms. The topological polar surface area (TPSA) is 120 Å². The number of benzene rings is 1. The van der Waals surface area contributed by atoms with Gasteiger partial charge in [0.1, 0.15) is 19.2 Å². The molecule has 1 heterocycles. The SMILES string of the molecule is Cc1c(NC(=O)Cn2cncn2)cccc1S(N)(=O)=O. The summed E-state index contributed by atoms with van der Waals surface area (Å²) >= 11 is 0. The minimum absolute atomic E-state index is 0.0148. The van der Waals surface area contributed by atoms with Crippen LogP contribution < -0.4 is 10.5 Å². The Kier molecular flexibility index (Phi) is 3.81. The molecule has 20 heavy (non-hydrogen) atoms. The second-order valence-electron chi connectivity index (χ2n) is 4.11. The van der Waals surface area contributed by atoms with Crippen LogP contribution in [0.4, 0.5) is 5.69 Å². The second kappa shape index (κ2) is 5.39. The number of nitrogens with zero attached hydrogens (tertiary/aromatic N) is 3. The number of aromatic nitrogens is 3. The fraction of sp³-hybridized carbons (Fsp3) is 0.182. The predicted octanol–water partition coefficient (Wildman–Crippen LogP) is -0.127. The molecule has 0 aliphatic rings. The maximum atomic E-state index is 11.8. The predicted molar refractivity (Wildman–Crippen MR) is 71.2 cm³/mol. The van der Waals surface area contributed by atoms with Gasteiger partial charge in [-0.3, -0.25) is 4.79 Å². The molecular weight excluding hydrogens is 282 g/mol. The molecule has 2 aromatic rings. The van der Waals surface area contributed by atoms with Gasteiger partial charge in [-0.05, 0) is 24.6 Å². The molecule has 0 spiro atoms. The van der Waals surface area contributed by atoms with Crippen LogP contribution in [0.2, 0.25) is 0 Å². The highest BCUT2D eigenvalue weighted by Gasteiger charge is 2.15. The summed E-state index contributed by atoms with van der Waals surface area (Å²) in [6.07, 6.45) is 2.73. The third-order valence-corrected chi connectivity index (χ3v) is 3.69. The average Bonchev–Trinajstić information content (AvgIpc) is 2.83. The average molecular weight is 295 g/mol. The van der Waals surface area contributed by atoms with Crippen LogP contribution in [-0.2, 0) is 21.4 Å². The van der Waals surface area contributed by atoms with Crippen molar-refractivity contribution in [2.45, 2.75) is 18.4 Å². The van der Waals surface area contributed by atoms with Gasteiger partial charge in [0.15, 0.2) is 0 Å². The Bertz CT molecular complexity index is 725. The summed E-state index contributed by atoms with van der Waals surface area (Å²) in [6.45, 7) is 1.56. The van der Waals surface area contributed by atoms with E-state index in [0.717, 1.165) is 0 Å². The molecule has 1 aromatic heterocycles. The molecule has 0 aliphatic carbocycles. The Hall–Kier alpha value is -2.26. The first-order chi connectivity index (χ1) is 9.38. The van der Waals surface area contributed by atoms with E-state index in [0.29, 0.717) is 11.3 Å². The summed E-state index contributed by atoms with van der Waals surface area (Å²) < 4.78 is 24.1. The zero-order chi connectivity index (χ0) is 14.8. The molecule has 2 rings (SSSR count). The number of primary sulfonamides is 1. The lowest BCUT2D eigenvalue weighted by Crippen LogP contribution is -2.20. The molecule has 0 radical (unpaired) electrons. The van der Waals surface area contributed by atoms with E-state index < -0.39 is 10.0 Å². The normalized spacial score (nSPS) is 11.3. The van der Waals surface area contributed by atoms with Crippen LogP contribution in [0.1, 0.15) is 5.56 Å². The fourth-order valence-electron chi connectivity index (χ4n) is 1.71. The number of carbonyl (C=O) groups excluding carboxylic acids is 1. The first-order valence-electron chi connectivity index (χ1n) is 5.62. The van der Waals surface area contributed by atoms with Crippen molar-refractivity contribution in [3.63, 3.8) is 0 Å². The summed E-state index contributed by atoms with van der Waals surface area (Å²) in [7, 11) is -3.82. The van der Waals surface area contributed by atoms with Gasteiger partial charge in [-0.25, -0.2) is 23.2 Å². The number of carbonyl (C=O) groups is 1. The standard InChI is InChI=1S/C11H13N5O3S/c1-8-9(3-2-4-10(8)20(12,18)19)15-11(17)5-16-7-13-6-14-16/h2-4,6-7H,5H2,1H3,(H,15,17)(H2,12,18,19). The number of nitrogens with two attached hydrogens (primary N) is 1. The Balaban J connectivity index is 2.20. The van der Waals surface area contributed by atoms with Crippen molar-refractivity contribution in [3.05, 3.63) is 36.4 Å². The van der Waals surface area contributed by atoms with Crippen molar-refractivity contribution < 1.29 is 13.2 Å². The van der Waals surface area contributed by atoms with Crippen LogP contribution in [0.15, 0.2) is 35.7 Å². The largest absolute Gasteiger partial charge is 0.324 e. The number of anilines is 1. The second-order valence-corrected chi connectivity index (χ2v) is 5.64. The zero-order valence-electron chi connectivity index (χ0n) is 10.6. The van der Waals surface area contributed by atoms with Crippen LogP contribution >= 0.6 is 0 Å². The maximum absolute atomic E-state index is 11.8. The van der Waals surface area contributed by atoms with Gasteiger partial charge >= 0.3 is 0 Å². The molecule has 0 saturated heterocycles. The molecule has 1 amide bonds. The first-order valence-corrected chi connectivity index (χ1v) is 7.17. The third-order valence-electron chi connectivity index (χ3n) is 2.64. The number of rotatable bonds is 4. The molecule has 1 aromatic carbocycles. The van der Waals surface area contributed by atoms with E-state index in [4.69, 9.17) is 5.14 Å². The molecule has 0 saturated carbocycles. The van der Waals surface area contributed by atoms with E-state index in [1.54, 1.807) is 13.0 Å².